The van der Waals surface area contributed by atoms with Crippen LogP contribution in [-0.4, -0.2) is 13.7 Å². The second-order valence-electron chi connectivity index (χ2n) is 3.18. The molecule has 1 radical (unpaired) electrons. The van der Waals surface area contributed by atoms with Crippen LogP contribution in [0, 0.1) is 11.7 Å². The van der Waals surface area contributed by atoms with E-state index >= 15 is 0 Å². The minimum Gasteiger partial charge on any atom is -0.385 e. The minimum absolute atomic E-state index is 0.217. The number of hydrogen-bond donors (Lipinski definition) is 0. The summed E-state index contributed by atoms with van der Waals surface area (Å²) in [7, 11) is 1.66. The van der Waals surface area contributed by atoms with Crippen LogP contribution < -0.4 is 0 Å². The number of ether oxygens (including phenoxy) is 1. The molecule has 0 saturated carbocycles. The highest BCUT2D eigenvalue weighted by molar-refractivity contribution is 9.10. The summed E-state index contributed by atoms with van der Waals surface area (Å²) in [6.45, 7) is 2.65. The lowest BCUT2D eigenvalue weighted by Gasteiger charge is -2.10. The highest BCUT2D eigenvalue weighted by atomic mass is 79.9. The second kappa shape index (κ2) is 5.47. The van der Waals surface area contributed by atoms with Crippen molar-refractivity contribution in [2.45, 2.75) is 13.3 Å². The molecular weight excluding hydrogens is 247 g/mol. The molecule has 0 heterocycles. The average molecular weight is 260 g/mol. The molecule has 0 aliphatic heterocycles. The smallest absolute Gasteiger partial charge is 0.124 e. The fourth-order valence-corrected chi connectivity index (χ4v) is 1.67. The standard InChI is InChI=1S/C11H13BrFO/c1-8(3-4-14-2)9-5-10(12)7-11(13)6-9/h5-7H,3-4H2,1-2H3. The minimum atomic E-state index is -0.217. The van der Waals surface area contributed by atoms with Gasteiger partial charge in [-0.15, -0.1) is 0 Å². The Morgan fingerprint density at radius 3 is 2.71 bits per heavy atom. The van der Waals surface area contributed by atoms with Gasteiger partial charge in [-0.25, -0.2) is 4.39 Å². The van der Waals surface area contributed by atoms with Gasteiger partial charge in [0.25, 0.3) is 0 Å². The van der Waals surface area contributed by atoms with E-state index in [2.05, 4.69) is 15.9 Å². The molecule has 0 amide bonds. The molecular formula is C11H13BrFO. The Kier molecular flexibility index (Phi) is 4.55. The fraction of sp³-hybridized carbons (Fsp3) is 0.364. The SMILES string of the molecule is COCC[C](C)c1cc(F)cc(Br)c1. The van der Waals surface area contributed by atoms with Crippen molar-refractivity contribution in [3.8, 4) is 0 Å². The maximum atomic E-state index is 13.0. The lowest BCUT2D eigenvalue weighted by molar-refractivity contribution is 0.199. The Morgan fingerprint density at radius 2 is 2.14 bits per heavy atom. The zero-order chi connectivity index (χ0) is 10.6. The maximum Gasteiger partial charge on any atom is 0.124 e. The van der Waals surface area contributed by atoms with Crippen LogP contribution in [0.5, 0.6) is 0 Å². The third-order valence-electron chi connectivity index (χ3n) is 2.04. The highest BCUT2D eigenvalue weighted by Gasteiger charge is 2.08. The molecule has 0 spiro atoms. The first-order valence-electron chi connectivity index (χ1n) is 4.41. The predicted octanol–water partition coefficient (Wildman–Crippen LogP) is 3.57. The van der Waals surface area contributed by atoms with E-state index in [4.69, 9.17) is 4.74 Å². The highest BCUT2D eigenvalue weighted by Crippen LogP contribution is 2.23. The van der Waals surface area contributed by atoms with Gasteiger partial charge in [-0.3, -0.25) is 0 Å². The molecule has 1 aromatic carbocycles. The third-order valence-corrected chi connectivity index (χ3v) is 2.49. The van der Waals surface area contributed by atoms with Crippen LogP contribution in [0.25, 0.3) is 0 Å². The Balaban J connectivity index is 2.73. The lowest BCUT2D eigenvalue weighted by atomic mass is 9.98. The van der Waals surface area contributed by atoms with Crippen molar-refractivity contribution in [2.75, 3.05) is 13.7 Å². The summed E-state index contributed by atoms with van der Waals surface area (Å²) in [6, 6.07) is 4.90. The number of benzene rings is 1. The summed E-state index contributed by atoms with van der Waals surface area (Å²) in [5, 5.41) is 0. The van der Waals surface area contributed by atoms with Crippen LogP contribution >= 0.6 is 15.9 Å². The predicted molar refractivity (Wildman–Crippen MR) is 58.6 cm³/mol. The van der Waals surface area contributed by atoms with Crippen LogP contribution in [0.2, 0.25) is 0 Å². The maximum absolute atomic E-state index is 13.0. The molecule has 1 rings (SSSR count). The molecule has 0 unspecified atom stereocenters. The average Bonchev–Trinajstić information content (AvgIpc) is 2.12. The summed E-state index contributed by atoms with van der Waals surface area (Å²) in [5.41, 5.74) is 0.925. The molecule has 0 N–H and O–H groups in total. The van der Waals surface area contributed by atoms with Crippen LogP contribution in [0.15, 0.2) is 22.7 Å². The van der Waals surface area contributed by atoms with Crippen LogP contribution in [0.4, 0.5) is 4.39 Å². The Morgan fingerprint density at radius 1 is 1.43 bits per heavy atom. The lowest BCUT2D eigenvalue weighted by Crippen LogP contribution is -2.00. The van der Waals surface area contributed by atoms with E-state index in [9.17, 15) is 4.39 Å². The van der Waals surface area contributed by atoms with Gasteiger partial charge in [-0.05, 0) is 30.2 Å². The zero-order valence-electron chi connectivity index (χ0n) is 8.31. The molecule has 14 heavy (non-hydrogen) atoms. The first-order valence-corrected chi connectivity index (χ1v) is 5.20. The quantitative estimate of drug-likeness (QED) is 0.804. The Hall–Kier alpha value is -0.410. The van der Waals surface area contributed by atoms with Crippen LogP contribution in [-0.2, 0) is 4.74 Å². The second-order valence-corrected chi connectivity index (χ2v) is 4.10. The zero-order valence-corrected chi connectivity index (χ0v) is 9.90. The normalized spacial score (nSPS) is 10.9. The Bertz CT molecular complexity index is 281. The molecule has 0 fully saturated rings. The summed E-state index contributed by atoms with van der Waals surface area (Å²) >= 11 is 3.26. The Labute approximate surface area is 92.4 Å². The fourth-order valence-electron chi connectivity index (χ4n) is 1.20. The molecule has 0 bridgehead atoms. The summed E-state index contributed by atoms with van der Waals surface area (Å²) in [5.74, 6) is 0.915. The summed E-state index contributed by atoms with van der Waals surface area (Å²) < 4.78 is 18.8. The van der Waals surface area contributed by atoms with Gasteiger partial charge in [-0.2, -0.15) is 0 Å². The van der Waals surface area contributed by atoms with Crippen molar-refractivity contribution in [1.29, 1.82) is 0 Å². The third kappa shape index (κ3) is 3.39. The van der Waals surface area contributed by atoms with Gasteiger partial charge in [-0.1, -0.05) is 22.9 Å². The number of halogens is 2. The molecule has 0 aromatic heterocycles. The van der Waals surface area contributed by atoms with Gasteiger partial charge < -0.3 is 4.74 Å². The molecule has 3 heteroatoms. The van der Waals surface area contributed by atoms with Crippen molar-refractivity contribution in [2.24, 2.45) is 0 Å². The van der Waals surface area contributed by atoms with E-state index in [1.807, 2.05) is 13.0 Å². The van der Waals surface area contributed by atoms with E-state index in [0.29, 0.717) is 6.61 Å². The molecule has 1 aromatic rings. The monoisotopic (exact) mass is 259 g/mol. The van der Waals surface area contributed by atoms with Gasteiger partial charge in [0.05, 0.1) is 0 Å². The summed E-state index contributed by atoms with van der Waals surface area (Å²) in [4.78, 5) is 0. The van der Waals surface area contributed by atoms with E-state index in [0.717, 1.165) is 22.4 Å². The topological polar surface area (TPSA) is 9.23 Å². The van der Waals surface area contributed by atoms with E-state index in [-0.39, 0.29) is 5.82 Å². The van der Waals surface area contributed by atoms with Crippen LogP contribution in [0.3, 0.4) is 0 Å². The van der Waals surface area contributed by atoms with Gasteiger partial charge in [0, 0.05) is 24.1 Å². The first-order chi connectivity index (χ1) is 6.63. The molecule has 0 saturated heterocycles. The van der Waals surface area contributed by atoms with Crippen molar-refractivity contribution in [3.63, 3.8) is 0 Å². The van der Waals surface area contributed by atoms with E-state index in [1.54, 1.807) is 7.11 Å². The molecule has 0 aliphatic rings. The molecule has 0 aliphatic carbocycles. The number of methoxy groups -OCH3 is 1. The van der Waals surface area contributed by atoms with Gasteiger partial charge in [0.1, 0.15) is 5.82 Å². The molecule has 1 nitrogen and oxygen atoms in total. The molecule has 0 atom stereocenters. The number of hydrogen-bond acceptors (Lipinski definition) is 1. The van der Waals surface area contributed by atoms with Gasteiger partial charge in [0.2, 0.25) is 0 Å². The van der Waals surface area contributed by atoms with Gasteiger partial charge in [0.15, 0.2) is 0 Å². The summed E-state index contributed by atoms with van der Waals surface area (Å²) in [6.07, 6.45) is 0.826. The largest absolute Gasteiger partial charge is 0.385 e. The molecule has 77 valence electrons. The van der Waals surface area contributed by atoms with Gasteiger partial charge >= 0.3 is 0 Å². The first kappa shape index (κ1) is 11.7. The van der Waals surface area contributed by atoms with Crippen molar-refractivity contribution in [3.05, 3.63) is 40.0 Å². The van der Waals surface area contributed by atoms with E-state index in [1.165, 1.54) is 12.1 Å². The van der Waals surface area contributed by atoms with Crippen molar-refractivity contribution < 1.29 is 9.13 Å². The van der Waals surface area contributed by atoms with Crippen molar-refractivity contribution >= 4 is 15.9 Å². The number of rotatable bonds is 4. The van der Waals surface area contributed by atoms with Crippen molar-refractivity contribution in [1.82, 2.24) is 0 Å². The van der Waals surface area contributed by atoms with Crippen LogP contribution in [0.1, 0.15) is 18.9 Å². The van der Waals surface area contributed by atoms with E-state index < -0.39 is 0 Å².